The van der Waals surface area contributed by atoms with Gasteiger partial charge in [-0.15, -0.1) is 0 Å². The maximum Gasteiger partial charge on any atom is 0.224 e. The van der Waals surface area contributed by atoms with Crippen LogP contribution in [0.5, 0.6) is 0 Å². The van der Waals surface area contributed by atoms with Crippen molar-refractivity contribution in [1.82, 2.24) is 5.32 Å². The maximum atomic E-state index is 11.6. The molecule has 16 heavy (non-hydrogen) atoms. The average molecular weight is 260 g/mol. The first-order valence-corrected chi connectivity index (χ1v) is 6.10. The molecule has 0 unspecified atom stereocenters. The van der Waals surface area contributed by atoms with Crippen LogP contribution in [0.3, 0.4) is 0 Å². The van der Waals surface area contributed by atoms with Crippen LogP contribution in [-0.4, -0.2) is 12.5 Å². The van der Waals surface area contributed by atoms with E-state index in [0.29, 0.717) is 22.2 Å². The van der Waals surface area contributed by atoms with Gasteiger partial charge in [0.25, 0.3) is 0 Å². The molecule has 1 amide bonds. The van der Waals surface area contributed by atoms with E-state index in [1.165, 1.54) is 0 Å². The highest BCUT2D eigenvalue weighted by atomic mass is 35.5. The van der Waals surface area contributed by atoms with Crippen molar-refractivity contribution in [1.29, 1.82) is 0 Å². The summed E-state index contributed by atoms with van der Waals surface area (Å²) in [5, 5.41) is 3.91. The van der Waals surface area contributed by atoms with Gasteiger partial charge in [0.1, 0.15) is 0 Å². The molecule has 0 saturated carbocycles. The molecule has 1 aromatic rings. The van der Waals surface area contributed by atoms with E-state index in [-0.39, 0.29) is 12.3 Å². The molecule has 1 rings (SSSR count). The standard InChI is InChI=1S/C12H15Cl2NO/c1-2-3-7-15-12(16)8-9-10(13)5-4-6-11(9)14/h4-6H,2-3,7-8H2,1H3,(H,15,16). The Labute approximate surface area is 106 Å². The van der Waals surface area contributed by atoms with Gasteiger partial charge in [-0.3, -0.25) is 4.79 Å². The molecule has 0 saturated heterocycles. The zero-order chi connectivity index (χ0) is 12.0. The number of carbonyl (C=O) groups excluding carboxylic acids is 1. The Morgan fingerprint density at radius 3 is 2.50 bits per heavy atom. The normalized spacial score (nSPS) is 10.2. The SMILES string of the molecule is CCCCNC(=O)Cc1c(Cl)cccc1Cl. The van der Waals surface area contributed by atoms with Crippen LogP contribution >= 0.6 is 23.2 Å². The van der Waals surface area contributed by atoms with Gasteiger partial charge in [-0.1, -0.05) is 42.6 Å². The lowest BCUT2D eigenvalue weighted by atomic mass is 10.1. The van der Waals surface area contributed by atoms with Gasteiger partial charge in [0.05, 0.1) is 6.42 Å². The van der Waals surface area contributed by atoms with E-state index in [1.807, 2.05) is 0 Å². The minimum atomic E-state index is -0.0385. The maximum absolute atomic E-state index is 11.6. The van der Waals surface area contributed by atoms with Crippen LogP contribution in [0.1, 0.15) is 25.3 Å². The van der Waals surface area contributed by atoms with Gasteiger partial charge in [-0.25, -0.2) is 0 Å². The van der Waals surface area contributed by atoms with Crippen molar-refractivity contribution >= 4 is 29.1 Å². The molecule has 0 aliphatic carbocycles. The van der Waals surface area contributed by atoms with Crippen LogP contribution in [-0.2, 0) is 11.2 Å². The molecule has 0 heterocycles. The third-order valence-corrected chi connectivity index (χ3v) is 2.96. The average Bonchev–Trinajstić information content (AvgIpc) is 2.24. The number of carbonyl (C=O) groups is 1. The van der Waals surface area contributed by atoms with Crippen LogP contribution in [0, 0.1) is 0 Å². The summed E-state index contributed by atoms with van der Waals surface area (Å²) in [7, 11) is 0. The van der Waals surface area contributed by atoms with E-state index >= 15 is 0 Å². The molecule has 4 heteroatoms. The molecular formula is C12H15Cl2NO. The van der Waals surface area contributed by atoms with E-state index in [2.05, 4.69) is 12.2 Å². The molecular weight excluding hydrogens is 245 g/mol. The highest BCUT2D eigenvalue weighted by molar-refractivity contribution is 6.36. The van der Waals surface area contributed by atoms with Crippen molar-refractivity contribution in [2.24, 2.45) is 0 Å². The summed E-state index contributed by atoms with van der Waals surface area (Å²) in [5.74, 6) is -0.0385. The number of unbranched alkanes of at least 4 members (excludes halogenated alkanes) is 1. The summed E-state index contributed by atoms with van der Waals surface area (Å²) in [5.41, 5.74) is 0.694. The molecule has 0 aromatic heterocycles. The molecule has 88 valence electrons. The van der Waals surface area contributed by atoms with Crippen molar-refractivity contribution in [2.45, 2.75) is 26.2 Å². The zero-order valence-electron chi connectivity index (χ0n) is 9.22. The summed E-state index contributed by atoms with van der Waals surface area (Å²) in [6.45, 7) is 2.79. The van der Waals surface area contributed by atoms with Crippen molar-refractivity contribution in [3.8, 4) is 0 Å². The third kappa shape index (κ3) is 4.03. The van der Waals surface area contributed by atoms with Crippen LogP contribution in [0.15, 0.2) is 18.2 Å². The monoisotopic (exact) mass is 259 g/mol. The number of nitrogens with one attached hydrogen (secondary N) is 1. The lowest BCUT2D eigenvalue weighted by Gasteiger charge is -2.07. The molecule has 0 fully saturated rings. The second kappa shape index (κ2) is 6.77. The van der Waals surface area contributed by atoms with Gasteiger partial charge >= 0.3 is 0 Å². The van der Waals surface area contributed by atoms with E-state index in [0.717, 1.165) is 12.8 Å². The van der Waals surface area contributed by atoms with Crippen LogP contribution in [0.4, 0.5) is 0 Å². The molecule has 0 aliphatic heterocycles. The third-order valence-electron chi connectivity index (χ3n) is 2.25. The molecule has 1 N–H and O–H groups in total. The summed E-state index contributed by atoms with van der Waals surface area (Å²) >= 11 is 11.9. The number of hydrogen-bond donors (Lipinski definition) is 1. The number of benzene rings is 1. The summed E-state index contributed by atoms with van der Waals surface area (Å²) < 4.78 is 0. The van der Waals surface area contributed by atoms with E-state index in [4.69, 9.17) is 23.2 Å². The fraction of sp³-hybridized carbons (Fsp3) is 0.417. The quantitative estimate of drug-likeness (QED) is 0.807. The molecule has 2 nitrogen and oxygen atoms in total. The molecule has 0 radical (unpaired) electrons. The largest absolute Gasteiger partial charge is 0.356 e. The number of hydrogen-bond acceptors (Lipinski definition) is 1. The summed E-state index contributed by atoms with van der Waals surface area (Å²) in [6, 6.07) is 5.24. The van der Waals surface area contributed by atoms with E-state index in [1.54, 1.807) is 18.2 Å². The Morgan fingerprint density at radius 1 is 1.31 bits per heavy atom. The lowest BCUT2D eigenvalue weighted by molar-refractivity contribution is -0.120. The second-order valence-electron chi connectivity index (χ2n) is 3.58. The Kier molecular flexibility index (Phi) is 5.64. The van der Waals surface area contributed by atoms with Crippen molar-refractivity contribution < 1.29 is 4.79 Å². The molecule has 0 atom stereocenters. The van der Waals surface area contributed by atoms with Crippen LogP contribution in [0.2, 0.25) is 10.0 Å². The van der Waals surface area contributed by atoms with Gasteiger partial charge in [0.15, 0.2) is 0 Å². The van der Waals surface area contributed by atoms with E-state index < -0.39 is 0 Å². The molecule has 0 bridgehead atoms. The first-order valence-electron chi connectivity index (χ1n) is 5.34. The summed E-state index contributed by atoms with van der Waals surface area (Å²) in [4.78, 5) is 11.6. The highest BCUT2D eigenvalue weighted by Gasteiger charge is 2.09. The minimum Gasteiger partial charge on any atom is -0.356 e. The molecule has 0 spiro atoms. The van der Waals surface area contributed by atoms with Crippen LogP contribution in [0.25, 0.3) is 0 Å². The minimum absolute atomic E-state index is 0.0385. The van der Waals surface area contributed by atoms with Gasteiger partial charge in [-0.05, 0) is 24.1 Å². The first kappa shape index (κ1) is 13.3. The van der Waals surface area contributed by atoms with Crippen LogP contribution < -0.4 is 5.32 Å². The van der Waals surface area contributed by atoms with Crippen molar-refractivity contribution in [2.75, 3.05) is 6.54 Å². The van der Waals surface area contributed by atoms with Gasteiger partial charge in [0.2, 0.25) is 5.91 Å². The predicted octanol–water partition coefficient (Wildman–Crippen LogP) is 3.45. The zero-order valence-corrected chi connectivity index (χ0v) is 10.7. The first-order chi connectivity index (χ1) is 7.65. The molecule has 1 aromatic carbocycles. The van der Waals surface area contributed by atoms with E-state index in [9.17, 15) is 4.79 Å². The van der Waals surface area contributed by atoms with Gasteiger partial charge in [0, 0.05) is 16.6 Å². The smallest absolute Gasteiger partial charge is 0.224 e. The van der Waals surface area contributed by atoms with Crippen molar-refractivity contribution in [3.63, 3.8) is 0 Å². The van der Waals surface area contributed by atoms with Gasteiger partial charge < -0.3 is 5.32 Å². The Morgan fingerprint density at radius 2 is 1.94 bits per heavy atom. The lowest BCUT2D eigenvalue weighted by Crippen LogP contribution is -2.26. The van der Waals surface area contributed by atoms with Gasteiger partial charge in [-0.2, -0.15) is 0 Å². The topological polar surface area (TPSA) is 29.1 Å². The predicted molar refractivity (Wildman–Crippen MR) is 68.1 cm³/mol. The Balaban J connectivity index is 2.56. The molecule has 0 aliphatic rings. The fourth-order valence-corrected chi connectivity index (χ4v) is 1.86. The Hall–Kier alpha value is -0.730. The summed E-state index contributed by atoms with van der Waals surface area (Å²) in [6.07, 6.45) is 2.29. The number of amides is 1. The highest BCUT2D eigenvalue weighted by Crippen LogP contribution is 2.24. The second-order valence-corrected chi connectivity index (χ2v) is 4.39. The van der Waals surface area contributed by atoms with Crippen molar-refractivity contribution in [3.05, 3.63) is 33.8 Å². The number of rotatable bonds is 5. The Bertz CT molecular complexity index is 346. The fourth-order valence-electron chi connectivity index (χ4n) is 1.33. The number of halogens is 2.